The third-order valence-corrected chi connectivity index (χ3v) is 11.7. The summed E-state index contributed by atoms with van der Waals surface area (Å²) < 4.78 is 27.0. The molecular formula is C44H78N2Na2O17. The van der Waals surface area contributed by atoms with E-state index in [1.54, 1.807) is 0 Å². The molecule has 0 spiro atoms. The standard InChI is InChI=1S/C44H80N2O17.2Na/c1-3-5-7-9-11-13-15-17-19-21-23-45-30(41(55)56)25-34(48)59-27-32-36(50)38(52)39(53)43(61-32)63-44(29-47)40(54)37(51)33(62-44)28-60-35(49)26-31(42(57)58)46-24-22-20-18-16-14-12-10-8-6-4-2;;/h30-33,36-40,43,45-47,50-54H,3-29H2,1-2H3,(H,55,56)(H,57,58);;/q;2*+1/p-2/t30?,31?,32-,33-,36-,37-,38+,39-,40+,43-,44+;;/m1../s1. The summed E-state index contributed by atoms with van der Waals surface area (Å²) in [5.74, 6) is -7.58. The number of aliphatic hydroxyl groups excluding tert-OH is 6. The van der Waals surface area contributed by atoms with Crippen molar-refractivity contribution < 1.29 is 143 Å². The molecule has 2 heterocycles. The molecule has 0 aromatic rings. The first kappa shape index (κ1) is 64.4. The summed E-state index contributed by atoms with van der Waals surface area (Å²) >= 11 is 0. The van der Waals surface area contributed by atoms with Crippen LogP contribution in [0, 0.1) is 0 Å². The van der Waals surface area contributed by atoms with Gasteiger partial charge in [0.2, 0.25) is 5.79 Å². The number of carboxylic acid groups (broad SMARTS) is 2. The van der Waals surface area contributed by atoms with Crippen LogP contribution < -0.4 is 80.0 Å². The SMILES string of the molecule is CCCCCCCCCCCCNC(CC(=O)OC[C@H]1O[C@@](CO)(O[C@H]2O[C@H](COC(=O)CC(NCCCCCCCCCCCC)C(=O)[O-])[C@@H](O)[C@H](O)[C@H]2O)[C@@H](O)[C@@H]1O)C(=O)[O-].[Na+].[Na+]. The molecule has 2 fully saturated rings. The Morgan fingerprint density at radius 2 is 0.954 bits per heavy atom. The van der Waals surface area contributed by atoms with Crippen molar-refractivity contribution >= 4 is 23.9 Å². The van der Waals surface area contributed by atoms with Gasteiger partial charge in [0.05, 0.1) is 36.9 Å². The molecule has 0 aromatic heterocycles. The summed E-state index contributed by atoms with van der Waals surface area (Å²) in [6.45, 7) is 2.36. The predicted octanol–water partition coefficient (Wildman–Crippen LogP) is -6.25. The first-order chi connectivity index (χ1) is 30.2. The van der Waals surface area contributed by atoms with E-state index in [9.17, 15) is 60.0 Å². The van der Waals surface area contributed by atoms with E-state index in [1.165, 1.54) is 64.2 Å². The van der Waals surface area contributed by atoms with Crippen molar-refractivity contribution in [1.82, 2.24) is 10.6 Å². The Hall–Kier alpha value is -0.560. The molecule has 19 nitrogen and oxygen atoms in total. The first-order valence-electron chi connectivity index (χ1n) is 23.4. The van der Waals surface area contributed by atoms with E-state index in [-0.39, 0.29) is 59.1 Å². The Labute approximate surface area is 429 Å². The fourth-order valence-electron chi connectivity index (χ4n) is 7.66. The van der Waals surface area contributed by atoms with Crippen LogP contribution in [-0.2, 0) is 42.9 Å². The summed E-state index contributed by atoms with van der Waals surface area (Å²) in [5.41, 5.74) is 0. The maximum atomic E-state index is 12.6. The molecule has 2 unspecified atom stereocenters. The number of esters is 2. The smallest absolute Gasteiger partial charge is 0.548 e. The average Bonchev–Trinajstić information content (AvgIpc) is 3.49. The van der Waals surface area contributed by atoms with Crippen LogP contribution in [0.25, 0.3) is 0 Å². The second kappa shape index (κ2) is 37.3. The second-order valence-corrected chi connectivity index (χ2v) is 17.0. The van der Waals surface area contributed by atoms with Crippen LogP contribution >= 0.6 is 0 Å². The Balaban J connectivity index is 0.0000205. The topological polar surface area (TPSA) is 306 Å². The van der Waals surface area contributed by atoms with Crippen LogP contribution in [0.4, 0.5) is 0 Å². The van der Waals surface area contributed by atoms with Crippen LogP contribution in [0.15, 0.2) is 0 Å². The zero-order valence-electron chi connectivity index (χ0n) is 39.5. The molecule has 0 aliphatic carbocycles. The number of unbranched alkanes of at least 4 members (excludes halogenated alkanes) is 18. The van der Waals surface area contributed by atoms with Crippen LogP contribution in [0.2, 0.25) is 0 Å². The summed E-state index contributed by atoms with van der Waals surface area (Å²) in [6, 6.07) is -2.73. The van der Waals surface area contributed by atoms with Gasteiger partial charge in [0.1, 0.15) is 62.5 Å². The van der Waals surface area contributed by atoms with Crippen LogP contribution in [0.3, 0.4) is 0 Å². The number of ether oxygens (including phenoxy) is 5. The van der Waals surface area contributed by atoms with Gasteiger partial charge in [-0.1, -0.05) is 129 Å². The van der Waals surface area contributed by atoms with Gasteiger partial charge in [-0.2, -0.15) is 0 Å². The van der Waals surface area contributed by atoms with Crippen LogP contribution in [0.5, 0.6) is 0 Å². The van der Waals surface area contributed by atoms with Gasteiger partial charge < -0.3 is 84.8 Å². The zero-order valence-corrected chi connectivity index (χ0v) is 43.5. The summed E-state index contributed by atoms with van der Waals surface area (Å²) in [6.07, 6.45) is 5.82. The van der Waals surface area contributed by atoms with E-state index in [1.807, 2.05) is 0 Å². The van der Waals surface area contributed by atoms with Gasteiger partial charge in [0.15, 0.2) is 6.29 Å². The van der Waals surface area contributed by atoms with E-state index in [0.717, 1.165) is 51.4 Å². The van der Waals surface area contributed by atoms with Crippen molar-refractivity contribution in [3.8, 4) is 0 Å². The average molecular weight is 953 g/mol. The summed E-state index contributed by atoms with van der Waals surface area (Å²) in [4.78, 5) is 48.7. The maximum absolute atomic E-state index is 12.6. The Morgan fingerprint density at radius 3 is 1.34 bits per heavy atom. The normalized spacial score (nSPS) is 26.1. The van der Waals surface area contributed by atoms with E-state index in [4.69, 9.17) is 23.7 Å². The fourth-order valence-corrected chi connectivity index (χ4v) is 7.66. The minimum Gasteiger partial charge on any atom is -0.548 e. The molecule has 65 heavy (non-hydrogen) atoms. The van der Waals surface area contributed by atoms with Gasteiger partial charge in [-0.25, -0.2) is 0 Å². The number of hydrogen-bond donors (Lipinski definition) is 8. The van der Waals surface area contributed by atoms with Gasteiger partial charge in [-0.15, -0.1) is 0 Å². The van der Waals surface area contributed by atoms with Gasteiger partial charge in [0.25, 0.3) is 0 Å². The number of rotatable bonds is 37. The van der Waals surface area contributed by atoms with E-state index < -0.39 is 123 Å². The van der Waals surface area contributed by atoms with Crippen LogP contribution in [-0.4, -0.2) is 154 Å². The predicted molar refractivity (Wildman–Crippen MR) is 223 cm³/mol. The van der Waals surface area contributed by atoms with Crippen molar-refractivity contribution in [2.24, 2.45) is 0 Å². The van der Waals surface area contributed by atoms with Gasteiger partial charge in [-0.3, -0.25) is 9.59 Å². The number of carbonyl (C=O) groups excluding carboxylic acids is 4. The molecule has 0 amide bonds. The molecule has 21 heteroatoms. The third kappa shape index (κ3) is 24.7. The minimum absolute atomic E-state index is 0. The van der Waals surface area contributed by atoms with E-state index in [0.29, 0.717) is 25.9 Å². The minimum atomic E-state index is -2.54. The van der Waals surface area contributed by atoms with Crippen molar-refractivity contribution in [2.45, 2.75) is 222 Å². The van der Waals surface area contributed by atoms with Crippen molar-refractivity contribution in [3.63, 3.8) is 0 Å². The van der Waals surface area contributed by atoms with E-state index in [2.05, 4.69) is 24.5 Å². The molecule has 2 saturated heterocycles. The fraction of sp³-hybridized carbons (Fsp3) is 0.909. The van der Waals surface area contributed by atoms with Crippen molar-refractivity contribution in [3.05, 3.63) is 0 Å². The van der Waals surface area contributed by atoms with E-state index >= 15 is 0 Å². The zero-order chi connectivity index (χ0) is 46.6. The Bertz CT molecular complexity index is 1290. The molecule has 0 aromatic carbocycles. The molecule has 0 bridgehead atoms. The second-order valence-electron chi connectivity index (χ2n) is 17.0. The number of aliphatic hydroxyl groups is 6. The molecule has 11 atom stereocenters. The summed E-state index contributed by atoms with van der Waals surface area (Å²) in [5, 5.41) is 92.7. The monoisotopic (exact) mass is 953 g/mol. The quantitative estimate of drug-likeness (QED) is 0.0163. The van der Waals surface area contributed by atoms with Gasteiger partial charge in [-0.05, 0) is 25.9 Å². The molecule has 0 radical (unpaired) electrons. The summed E-state index contributed by atoms with van der Waals surface area (Å²) in [7, 11) is 0. The van der Waals surface area contributed by atoms with Crippen molar-refractivity contribution in [2.75, 3.05) is 32.9 Å². The number of carbonyl (C=O) groups is 4. The number of hydrogen-bond acceptors (Lipinski definition) is 19. The van der Waals surface area contributed by atoms with Gasteiger partial charge >= 0.3 is 71.1 Å². The Morgan fingerprint density at radius 1 is 0.569 bits per heavy atom. The Kier molecular flexibility index (Phi) is 37.0. The molecular weight excluding hydrogens is 874 g/mol. The maximum Gasteiger partial charge on any atom is 1.00 e. The molecule has 2 rings (SSSR count). The van der Waals surface area contributed by atoms with Gasteiger partial charge in [0, 0.05) is 0 Å². The number of carboxylic acids is 2. The largest absolute Gasteiger partial charge is 1.00 e. The van der Waals surface area contributed by atoms with Crippen molar-refractivity contribution in [1.29, 1.82) is 0 Å². The molecule has 8 N–H and O–H groups in total. The molecule has 2 aliphatic heterocycles. The molecule has 0 saturated carbocycles. The number of nitrogens with one attached hydrogen (secondary N) is 2. The number of aliphatic carboxylic acids is 2. The molecule has 2 aliphatic rings. The molecule has 368 valence electrons. The third-order valence-electron chi connectivity index (χ3n) is 11.7. The van der Waals surface area contributed by atoms with Crippen LogP contribution in [0.1, 0.15) is 155 Å². The first-order valence-corrected chi connectivity index (χ1v) is 23.4.